The molecule has 0 spiro atoms. The lowest BCUT2D eigenvalue weighted by atomic mass is 10.2. The van der Waals surface area contributed by atoms with Crippen LogP contribution in [-0.4, -0.2) is 4.98 Å². The third-order valence-electron chi connectivity index (χ3n) is 1.33. The molecule has 1 aromatic heterocycles. The summed E-state index contributed by atoms with van der Waals surface area (Å²) in [4.78, 5) is 12.9. The summed E-state index contributed by atoms with van der Waals surface area (Å²) in [5.41, 5.74) is 6.21. The van der Waals surface area contributed by atoms with Gasteiger partial charge in [-0.1, -0.05) is 0 Å². The highest BCUT2D eigenvalue weighted by molar-refractivity contribution is 5.15. The third-order valence-corrected chi connectivity index (χ3v) is 1.33. The van der Waals surface area contributed by atoms with Crippen LogP contribution in [0.3, 0.4) is 0 Å². The Labute approximate surface area is 57.5 Å². The second-order valence-corrected chi connectivity index (χ2v) is 2.08. The first-order chi connectivity index (χ1) is 4.81. The van der Waals surface area contributed by atoms with E-state index >= 15 is 0 Å². The summed E-state index contributed by atoms with van der Waals surface area (Å²) >= 11 is 0. The molecule has 1 aromatic rings. The number of rotatable bonds is 1. The molecule has 0 saturated carbocycles. The van der Waals surface area contributed by atoms with Gasteiger partial charge >= 0.3 is 5.91 Å². The number of hydrogen-bond donors (Lipinski definition) is 1. The highest BCUT2D eigenvalue weighted by Crippen LogP contribution is 2.33. The Morgan fingerprint density at radius 1 is 1.50 bits per heavy atom. The van der Waals surface area contributed by atoms with Crippen molar-refractivity contribution >= 4 is 0 Å². The van der Waals surface area contributed by atoms with Crippen LogP contribution >= 0.6 is 0 Å². The molecule has 2 rings (SSSR count). The van der Waals surface area contributed by atoms with Crippen molar-refractivity contribution in [2.24, 2.45) is 5.73 Å². The zero-order valence-electron chi connectivity index (χ0n) is 5.15. The number of nitrogens with zero attached hydrogens (tertiary/aromatic N) is 1. The molecular weight excluding hydrogens is 132 g/mol. The molecule has 2 heterocycles. The monoisotopic (exact) mass is 138 g/mol. The average molecular weight is 138 g/mol. The van der Waals surface area contributed by atoms with Gasteiger partial charge in [-0.3, -0.25) is 10.7 Å². The first kappa shape index (κ1) is 5.79. The molecule has 4 nitrogen and oxygen atoms in total. The molecule has 1 aliphatic heterocycles. The first-order valence-electron chi connectivity index (χ1n) is 2.87. The SMILES string of the molecule is NC1(c2cccnc2)OO1. The molecule has 0 aromatic carbocycles. The maximum atomic E-state index is 5.48. The molecular formula is C6H6N2O2. The minimum atomic E-state index is -1.02. The second kappa shape index (κ2) is 1.76. The van der Waals surface area contributed by atoms with Crippen LogP contribution < -0.4 is 5.73 Å². The van der Waals surface area contributed by atoms with Gasteiger partial charge in [0.25, 0.3) is 0 Å². The third kappa shape index (κ3) is 0.786. The summed E-state index contributed by atoms with van der Waals surface area (Å²) < 4.78 is 0. The van der Waals surface area contributed by atoms with Gasteiger partial charge in [-0.05, 0) is 12.1 Å². The Bertz CT molecular complexity index is 233. The number of hydrogen-bond acceptors (Lipinski definition) is 4. The molecule has 0 unspecified atom stereocenters. The van der Waals surface area contributed by atoms with Crippen molar-refractivity contribution in [1.82, 2.24) is 4.98 Å². The summed E-state index contributed by atoms with van der Waals surface area (Å²) in [6.07, 6.45) is 3.27. The van der Waals surface area contributed by atoms with E-state index in [4.69, 9.17) is 5.73 Å². The van der Waals surface area contributed by atoms with E-state index in [0.29, 0.717) is 0 Å². The average Bonchev–Trinajstić information content (AvgIpc) is 2.72. The van der Waals surface area contributed by atoms with Gasteiger partial charge in [0, 0.05) is 12.4 Å². The van der Waals surface area contributed by atoms with E-state index in [0.717, 1.165) is 5.56 Å². The fourth-order valence-electron chi connectivity index (χ4n) is 0.710. The molecule has 1 saturated heterocycles. The van der Waals surface area contributed by atoms with Gasteiger partial charge < -0.3 is 0 Å². The minimum Gasteiger partial charge on any atom is -0.271 e. The maximum Gasteiger partial charge on any atom is 0.313 e. The fourth-order valence-corrected chi connectivity index (χ4v) is 0.710. The molecule has 0 bridgehead atoms. The van der Waals surface area contributed by atoms with Crippen LogP contribution in [0.1, 0.15) is 5.56 Å². The van der Waals surface area contributed by atoms with Gasteiger partial charge in [0.1, 0.15) is 0 Å². The van der Waals surface area contributed by atoms with Crippen molar-refractivity contribution in [3.05, 3.63) is 30.1 Å². The highest BCUT2D eigenvalue weighted by Gasteiger charge is 2.46. The van der Waals surface area contributed by atoms with E-state index < -0.39 is 5.91 Å². The first-order valence-corrected chi connectivity index (χ1v) is 2.87. The molecule has 1 aliphatic rings. The Balaban J connectivity index is 2.35. The molecule has 0 radical (unpaired) electrons. The molecule has 0 atom stereocenters. The lowest BCUT2D eigenvalue weighted by Crippen LogP contribution is -2.20. The predicted octanol–water partition coefficient (Wildman–Crippen LogP) is 0.112. The van der Waals surface area contributed by atoms with Gasteiger partial charge in [-0.15, -0.1) is 0 Å². The van der Waals surface area contributed by atoms with Crippen molar-refractivity contribution in [2.75, 3.05) is 0 Å². The Morgan fingerprint density at radius 3 is 2.80 bits per heavy atom. The zero-order chi connectivity index (χ0) is 7.03. The molecule has 0 amide bonds. The number of nitrogens with two attached hydrogens (primary N) is 1. The Morgan fingerprint density at radius 2 is 2.30 bits per heavy atom. The van der Waals surface area contributed by atoms with E-state index in [2.05, 4.69) is 14.8 Å². The highest BCUT2D eigenvalue weighted by atomic mass is 17.4. The summed E-state index contributed by atoms with van der Waals surface area (Å²) in [6, 6.07) is 3.56. The van der Waals surface area contributed by atoms with Gasteiger partial charge in [0.2, 0.25) is 0 Å². The van der Waals surface area contributed by atoms with Crippen LogP contribution in [0.4, 0.5) is 0 Å². The van der Waals surface area contributed by atoms with Crippen LogP contribution in [0, 0.1) is 0 Å². The van der Waals surface area contributed by atoms with Gasteiger partial charge in [0.05, 0.1) is 5.56 Å². The molecule has 10 heavy (non-hydrogen) atoms. The molecule has 52 valence electrons. The van der Waals surface area contributed by atoms with E-state index in [-0.39, 0.29) is 0 Å². The number of pyridine rings is 1. The molecule has 2 N–H and O–H groups in total. The summed E-state index contributed by atoms with van der Waals surface area (Å²) in [5.74, 6) is -1.02. The predicted molar refractivity (Wildman–Crippen MR) is 32.3 cm³/mol. The van der Waals surface area contributed by atoms with Crippen molar-refractivity contribution in [3.63, 3.8) is 0 Å². The molecule has 0 aliphatic carbocycles. The standard InChI is InChI=1S/C6H6N2O2/c7-6(9-10-6)5-2-1-3-8-4-5/h1-4H,7H2. The summed E-state index contributed by atoms with van der Waals surface area (Å²) in [7, 11) is 0. The van der Waals surface area contributed by atoms with Crippen LogP contribution in [0.15, 0.2) is 24.5 Å². The minimum absolute atomic E-state index is 0.731. The smallest absolute Gasteiger partial charge is 0.271 e. The summed E-state index contributed by atoms with van der Waals surface area (Å²) in [6.45, 7) is 0. The Kier molecular flexibility index (Phi) is 1.02. The lowest BCUT2D eigenvalue weighted by molar-refractivity contribution is 0.0850. The van der Waals surface area contributed by atoms with Crippen LogP contribution in [0.5, 0.6) is 0 Å². The van der Waals surface area contributed by atoms with Gasteiger partial charge in [0.15, 0.2) is 0 Å². The summed E-state index contributed by atoms with van der Waals surface area (Å²) in [5, 5.41) is 0. The van der Waals surface area contributed by atoms with E-state index in [1.807, 2.05) is 0 Å². The Hall–Kier alpha value is -0.970. The largest absolute Gasteiger partial charge is 0.313 e. The van der Waals surface area contributed by atoms with Crippen molar-refractivity contribution in [2.45, 2.75) is 5.91 Å². The van der Waals surface area contributed by atoms with E-state index in [1.54, 1.807) is 24.5 Å². The van der Waals surface area contributed by atoms with Gasteiger partial charge in [-0.2, -0.15) is 9.78 Å². The zero-order valence-corrected chi connectivity index (χ0v) is 5.15. The molecule has 4 heteroatoms. The van der Waals surface area contributed by atoms with Crippen molar-refractivity contribution in [3.8, 4) is 0 Å². The van der Waals surface area contributed by atoms with Crippen LogP contribution in [0.2, 0.25) is 0 Å². The normalized spacial score (nSPS) is 20.5. The fraction of sp³-hybridized carbons (Fsp3) is 0.167. The lowest BCUT2D eigenvalue weighted by Gasteiger charge is -1.96. The second-order valence-electron chi connectivity index (χ2n) is 2.08. The van der Waals surface area contributed by atoms with Crippen LogP contribution in [-0.2, 0) is 15.7 Å². The number of aromatic nitrogens is 1. The molecule has 1 fully saturated rings. The maximum absolute atomic E-state index is 5.48. The van der Waals surface area contributed by atoms with Gasteiger partial charge in [-0.25, -0.2) is 0 Å². The topological polar surface area (TPSA) is 64.0 Å². The van der Waals surface area contributed by atoms with E-state index in [1.165, 1.54) is 0 Å². The van der Waals surface area contributed by atoms with E-state index in [9.17, 15) is 0 Å². The van der Waals surface area contributed by atoms with Crippen molar-refractivity contribution < 1.29 is 9.78 Å². The van der Waals surface area contributed by atoms with Crippen molar-refractivity contribution in [1.29, 1.82) is 0 Å². The quantitative estimate of drug-likeness (QED) is 0.442. The van der Waals surface area contributed by atoms with Crippen LogP contribution in [0.25, 0.3) is 0 Å².